The summed E-state index contributed by atoms with van der Waals surface area (Å²) < 4.78 is 61.1. The highest BCUT2D eigenvalue weighted by atomic mass is 19.4. The van der Waals surface area contributed by atoms with E-state index in [4.69, 9.17) is 9.47 Å². The van der Waals surface area contributed by atoms with Crippen LogP contribution in [0.4, 0.5) is 17.3 Å². The average molecular weight is 249 g/mol. The van der Waals surface area contributed by atoms with Gasteiger partial charge in [-0.05, 0) is 18.2 Å². The Morgan fingerprint density at radius 2 is 2.06 bits per heavy atom. The average Bonchev–Trinajstić information content (AvgIpc) is 2.72. The van der Waals surface area contributed by atoms with Crippen molar-refractivity contribution in [1.29, 1.82) is 0 Å². The number of hydrogen-bond donors (Lipinski definition) is 0. The zero-order chi connectivity index (χ0) is 12.5. The lowest BCUT2D eigenvalue weighted by atomic mass is 9.79. The van der Waals surface area contributed by atoms with E-state index in [2.05, 4.69) is 0 Å². The summed E-state index contributed by atoms with van der Waals surface area (Å²) in [5.74, 6) is -1.25. The van der Waals surface area contributed by atoms with Crippen LogP contribution in [0.1, 0.15) is 6.42 Å². The van der Waals surface area contributed by atoms with Crippen LogP contribution >= 0.6 is 0 Å². The van der Waals surface area contributed by atoms with Gasteiger partial charge in [-0.25, -0.2) is 4.39 Å². The van der Waals surface area contributed by atoms with E-state index in [-0.39, 0.29) is 12.4 Å². The lowest BCUT2D eigenvalue weighted by Gasteiger charge is -2.22. The van der Waals surface area contributed by atoms with Gasteiger partial charge in [0.15, 0.2) is 0 Å². The Morgan fingerprint density at radius 3 is 2.65 bits per heavy atom. The maximum absolute atomic E-state index is 12.8. The van der Waals surface area contributed by atoms with Crippen molar-refractivity contribution in [1.82, 2.24) is 0 Å². The van der Waals surface area contributed by atoms with Gasteiger partial charge >= 0.3 is 6.98 Å². The maximum atomic E-state index is 12.8. The SMILES string of the molecule is Fc1ccc(OC2CCOC2)c([B-](F)(F)F)c1. The van der Waals surface area contributed by atoms with Crippen molar-refractivity contribution in [3.05, 3.63) is 24.0 Å². The smallest absolute Gasteiger partial charge is 0.491 e. The van der Waals surface area contributed by atoms with E-state index in [1.807, 2.05) is 0 Å². The molecule has 1 saturated heterocycles. The number of halogens is 4. The summed E-state index contributed by atoms with van der Waals surface area (Å²) in [6.07, 6.45) is 0.152. The van der Waals surface area contributed by atoms with Crippen molar-refractivity contribution in [2.75, 3.05) is 13.2 Å². The Hall–Kier alpha value is -1.24. The molecule has 0 spiro atoms. The molecule has 0 bridgehead atoms. The summed E-state index contributed by atoms with van der Waals surface area (Å²) in [6, 6.07) is 2.43. The summed E-state index contributed by atoms with van der Waals surface area (Å²) in [5, 5.41) is 0. The van der Waals surface area contributed by atoms with E-state index in [9.17, 15) is 17.3 Å². The Kier molecular flexibility index (Phi) is 3.28. The van der Waals surface area contributed by atoms with E-state index in [0.717, 1.165) is 12.1 Å². The molecule has 1 fully saturated rings. The van der Waals surface area contributed by atoms with Crippen LogP contribution in [0, 0.1) is 5.82 Å². The third-order valence-corrected chi connectivity index (χ3v) is 2.51. The minimum Gasteiger partial charge on any atom is -0.491 e. The molecular formula is C10H10BF4O2-. The van der Waals surface area contributed by atoms with Crippen LogP contribution in [0.25, 0.3) is 0 Å². The maximum Gasteiger partial charge on any atom is 0.513 e. The molecule has 1 aliphatic heterocycles. The second-order valence-electron chi connectivity index (χ2n) is 3.86. The van der Waals surface area contributed by atoms with Gasteiger partial charge in [0.1, 0.15) is 11.9 Å². The number of rotatable bonds is 3. The molecule has 1 atom stereocenters. The highest BCUT2D eigenvalue weighted by Crippen LogP contribution is 2.21. The van der Waals surface area contributed by atoms with Gasteiger partial charge in [-0.15, -0.1) is 0 Å². The summed E-state index contributed by atoms with van der Waals surface area (Å²) in [7, 11) is 0. The molecule has 0 saturated carbocycles. The quantitative estimate of drug-likeness (QED) is 0.602. The van der Waals surface area contributed by atoms with Gasteiger partial charge in [-0.1, -0.05) is 5.46 Å². The molecule has 0 N–H and O–H groups in total. The fraction of sp³-hybridized carbons (Fsp3) is 0.400. The molecule has 0 radical (unpaired) electrons. The van der Waals surface area contributed by atoms with E-state index < -0.39 is 24.4 Å². The van der Waals surface area contributed by atoms with Crippen LogP contribution in [0.5, 0.6) is 5.75 Å². The van der Waals surface area contributed by atoms with Crippen molar-refractivity contribution < 1.29 is 26.8 Å². The summed E-state index contributed by atoms with van der Waals surface area (Å²) in [4.78, 5) is 0. The molecule has 0 aromatic heterocycles. The molecule has 1 heterocycles. The monoisotopic (exact) mass is 249 g/mol. The first kappa shape index (κ1) is 12.2. The first-order valence-electron chi connectivity index (χ1n) is 5.20. The normalized spacial score (nSPS) is 20.6. The molecule has 17 heavy (non-hydrogen) atoms. The van der Waals surface area contributed by atoms with Crippen molar-refractivity contribution in [3.8, 4) is 5.75 Å². The molecule has 1 aliphatic rings. The third kappa shape index (κ3) is 2.91. The van der Waals surface area contributed by atoms with Gasteiger partial charge in [0.05, 0.1) is 19.0 Å². The number of ether oxygens (including phenoxy) is 2. The Morgan fingerprint density at radius 1 is 1.29 bits per heavy atom. The highest BCUT2D eigenvalue weighted by Gasteiger charge is 2.31. The van der Waals surface area contributed by atoms with Crippen molar-refractivity contribution in [2.45, 2.75) is 12.5 Å². The highest BCUT2D eigenvalue weighted by molar-refractivity contribution is 6.74. The Bertz CT molecular complexity index is 402. The standard InChI is InChI=1S/C10H10BF4O2/c12-7-1-2-10(9(5-7)11(13,14)15)17-8-3-4-16-6-8/h1-2,5,8H,3-4,6H2/q-1. The topological polar surface area (TPSA) is 18.5 Å². The Balaban J connectivity index is 2.25. The van der Waals surface area contributed by atoms with Crippen molar-refractivity contribution >= 4 is 12.4 Å². The molecule has 1 unspecified atom stereocenters. The zero-order valence-corrected chi connectivity index (χ0v) is 8.84. The molecule has 1 aromatic rings. The molecule has 0 aliphatic carbocycles. The van der Waals surface area contributed by atoms with Gasteiger partial charge in [0.2, 0.25) is 0 Å². The van der Waals surface area contributed by atoms with Crippen LogP contribution in [0.2, 0.25) is 0 Å². The zero-order valence-electron chi connectivity index (χ0n) is 8.84. The van der Waals surface area contributed by atoms with E-state index in [1.54, 1.807) is 0 Å². The van der Waals surface area contributed by atoms with Gasteiger partial charge in [0, 0.05) is 6.42 Å². The Labute approximate surface area is 95.6 Å². The lowest BCUT2D eigenvalue weighted by molar-refractivity contribution is 0.142. The fourth-order valence-electron chi connectivity index (χ4n) is 1.67. The second-order valence-corrected chi connectivity index (χ2v) is 3.86. The number of benzene rings is 1. The summed E-state index contributed by atoms with van der Waals surface area (Å²) >= 11 is 0. The lowest BCUT2D eigenvalue weighted by Crippen LogP contribution is -2.37. The molecule has 7 heteroatoms. The largest absolute Gasteiger partial charge is 0.513 e. The van der Waals surface area contributed by atoms with Gasteiger partial charge in [0.25, 0.3) is 0 Å². The van der Waals surface area contributed by atoms with E-state index >= 15 is 0 Å². The first-order chi connectivity index (χ1) is 7.97. The van der Waals surface area contributed by atoms with Gasteiger partial charge in [-0.2, -0.15) is 0 Å². The fourth-order valence-corrected chi connectivity index (χ4v) is 1.67. The van der Waals surface area contributed by atoms with Crippen LogP contribution in [-0.4, -0.2) is 26.3 Å². The summed E-state index contributed by atoms with van der Waals surface area (Å²) in [6.45, 7) is -4.55. The van der Waals surface area contributed by atoms with E-state index in [0.29, 0.717) is 19.1 Å². The van der Waals surface area contributed by atoms with Gasteiger partial charge in [-0.3, -0.25) is 0 Å². The van der Waals surface area contributed by atoms with Crippen molar-refractivity contribution in [2.24, 2.45) is 0 Å². The molecule has 2 rings (SSSR count). The van der Waals surface area contributed by atoms with Crippen LogP contribution in [-0.2, 0) is 4.74 Å². The number of hydrogen-bond acceptors (Lipinski definition) is 2. The van der Waals surface area contributed by atoms with Crippen molar-refractivity contribution in [3.63, 3.8) is 0 Å². The van der Waals surface area contributed by atoms with Gasteiger partial charge < -0.3 is 22.4 Å². The molecular weight excluding hydrogens is 239 g/mol. The van der Waals surface area contributed by atoms with Crippen LogP contribution < -0.4 is 10.2 Å². The first-order valence-corrected chi connectivity index (χ1v) is 5.20. The predicted molar refractivity (Wildman–Crippen MR) is 55.0 cm³/mol. The molecule has 0 amide bonds. The predicted octanol–water partition coefficient (Wildman–Crippen LogP) is 2.05. The van der Waals surface area contributed by atoms with Crippen LogP contribution in [0.3, 0.4) is 0 Å². The summed E-state index contributed by atoms with van der Waals surface area (Å²) in [5.41, 5.74) is -1.03. The minimum atomic E-state index is -5.28. The molecule has 1 aromatic carbocycles. The van der Waals surface area contributed by atoms with E-state index in [1.165, 1.54) is 0 Å². The minimum absolute atomic E-state index is 0.266. The second kappa shape index (κ2) is 4.56. The van der Waals surface area contributed by atoms with Crippen LogP contribution in [0.15, 0.2) is 18.2 Å². The molecule has 94 valence electrons. The third-order valence-electron chi connectivity index (χ3n) is 2.51. The molecule has 2 nitrogen and oxygen atoms in total.